The SMILES string of the molecule is COCC1(C)COB(C)OC1. The van der Waals surface area contributed by atoms with Gasteiger partial charge in [0.05, 0.1) is 6.61 Å². The molecule has 1 saturated heterocycles. The Bertz CT molecular complexity index is 121. The van der Waals surface area contributed by atoms with Crippen molar-refractivity contribution in [2.45, 2.75) is 13.7 Å². The van der Waals surface area contributed by atoms with E-state index < -0.39 is 0 Å². The van der Waals surface area contributed by atoms with Gasteiger partial charge in [-0.15, -0.1) is 0 Å². The fourth-order valence-corrected chi connectivity index (χ4v) is 1.16. The normalized spacial score (nSPS) is 23.7. The molecule has 11 heavy (non-hydrogen) atoms. The van der Waals surface area contributed by atoms with Crippen molar-refractivity contribution in [2.75, 3.05) is 26.9 Å². The van der Waals surface area contributed by atoms with Crippen LogP contribution in [0.3, 0.4) is 0 Å². The zero-order valence-electron chi connectivity index (χ0n) is 7.42. The number of rotatable bonds is 2. The van der Waals surface area contributed by atoms with Gasteiger partial charge in [0, 0.05) is 25.7 Å². The highest BCUT2D eigenvalue weighted by Gasteiger charge is 2.32. The molecule has 1 fully saturated rings. The van der Waals surface area contributed by atoms with Crippen LogP contribution in [0.25, 0.3) is 0 Å². The van der Waals surface area contributed by atoms with E-state index in [9.17, 15) is 0 Å². The standard InChI is InChI=1S/C7H15BO3/c1-7(4-9-3)5-10-8(2)11-6-7/h4-6H2,1-3H3. The van der Waals surface area contributed by atoms with Crippen LogP contribution in [-0.2, 0) is 14.0 Å². The Kier molecular flexibility index (Phi) is 2.93. The molecule has 64 valence electrons. The van der Waals surface area contributed by atoms with Crippen molar-refractivity contribution in [1.29, 1.82) is 0 Å². The summed E-state index contributed by atoms with van der Waals surface area (Å²) in [7, 11) is 1.64. The Morgan fingerprint density at radius 1 is 1.45 bits per heavy atom. The molecule has 0 aliphatic carbocycles. The van der Waals surface area contributed by atoms with Gasteiger partial charge in [0.15, 0.2) is 0 Å². The van der Waals surface area contributed by atoms with Crippen LogP contribution >= 0.6 is 0 Å². The van der Waals surface area contributed by atoms with Gasteiger partial charge in [0.25, 0.3) is 0 Å². The lowest BCUT2D eigenvalue weighted by Crippen LogP contribution is -2.43. The van der Waals surface area contributed by atoms with Crippen LogP contribution in [0.5, 0.6) is 0 Å². The Labute approximate surface area is 68.2 Å². The average Bonchev–Trinajstić information content (AvgIpc) is 1.97. The van der Waals surface area contributed by atoms with Crippen LogP contribution in [0.1, 0.15) is 6.92 Å². The highest BCUT2D eigenvalue weighted by atomic mass is 16.6. The van der Waals surface area contributed by atoms with Gasteiger partial charge in [-0.2, -0.15) is 0 Å². The van der Waals surface area contributed by atoms with Gasteiger partial charge >= 0.3 is 7.12 Å². The molecule has 4 heteroatoms. The van der Waals surface area contributed by atoms with E-state index in [1.165, 1.54) is 0 Å². The summed E-state index contributed by atoms with van der Waals surface area (Å²) in [5.41, 5.74) is 0.0429. The van der Waals surface area contributed by atoms with Gasteiger partial charge in [-0.25, -0.2) is 0 Å². The molecule has 0 radical (unpaired) electrons. The first-order valence-electron chi connectivity index (χ1n) is 3.88. The molecular formula is C7H15BO3. The van der Waals surface area contributed by atoms with E-state index in [0.717, 1.165) is 13.2 Å². The minimum Gasteiger partial charge on any atom is -0.411 e. The molecule has 0 aromatic carbocycles. The second-order valence-corrected chi connectivity index (χ2v) is 3.43. The van der Waals surface area contributed by atoms with E-state index in [0.29, 0.717) is 6.61 Å². The fraction of sp³-hybridized carbons (Fsp3) is 1.00. The molecule has 0 amide bonds. The smallest absolute Gasteiger partial charge is 0.411 e. The maximum absolute atomic E-state index is 5.34. The molecule has 1 aliphatic heterocycles. The third-order valence-corrected chi connectivity index (χ3v) is 1.83. The number of hydrogen-bond acceptors (Lipinski definition) is 3. The van der Waals surface area contributed by atoms with Crippen molar-refractivity contribution in [3.05, 3.63) is 0 Å². The maximum Gasteiger partial charge on any atom is 0.453 e. The van der Waals surface area contributed by atoms with Crippen molar-refractivity contribution in [1.82, 2.24) is 0 Å². The Balaban J connectivity index is 2.35. The van der Waals surface area contributed by atoms with Gasteiger partial charge in [0.1, 0.15) is 0 Å². The summed E-state index contributed by atoms with van der Waals surface area (Å²) in [6.45, 7) is 6.15. The summed E-state index contributed by atoms with van der Waals surface area (Å²) in [5.74, 6) is 0. The summed E-state index contributed by atoms with van der Waals surface area (Å²) in [4.78, 5) is 0. The molecule has 0 atom stereocenters. The first-order chi connectivity index (χ1) is 5.16. The second-order valence-electron chi connectivity index (χ2n) is 3.43. The van der Waals surface area contributed by atoms with Crippen LogP contribution in [0.4, 0.5) is 0 Å². The van der Waals surface area contributed by atoms with Crippen molar-refractivity contribution < 1.29 is 14.0 Å². The molecule has 0 aromatic rings. The lowest BCUT2D eigenvalue weighted by molar-refractivity contribution is -0.0296. The molecule has 0 aromatic heterocycles. The second kappa shape index (κ2) is 3.56. The quantitative estimate of drug-likeness (QED) is 0.556. The monoisotopic (exact) mass is 158 g/mol. The lowest BCUT2D eigenvalue weighted by atomic mass is 9.85. The average molecular weight is 158 g/mol. The minimum absolute atomic E-state index is 0.0429. The van der Waals surface area contributed by atoms with Crippen LogP contribution in [-0.4, -0.2) is 34.0 Å². The summed E-state index contributed by atoms with van der Waals surface area (Å²) >= 11 is 0. The summed E-state index contributed by atoms with van der Waals surface area (Å²) in [6.07, 6.45) is 0. The van der Waals surface area contributed by atoms with Crippen LogP contribution in [0, 0.1) is 5.41 Å². The Morgan fingerprint density at radius 3 is 2.45 bits per heavy atom. The van der Waals surface area contributed by atoms with E-state index in [-0.39, 0.29) is 12.5 Å². The van der Waals surface area contributed by atoms with Crippen LogP contribution in [0.2, 0.25) is 6.82 Å². The highest BCUT2D eigenvalue weighted by molar-refractivity contribution is 6.42. The predicted octanol–water partition coefficient (Wildman–Crippen LogP) is 0.804. The largest absolute Gasteiger partial charge is 0.453 e. The number of methoxy groups -OCH3 is 1. The molecule has 1 aliphatic rings. The first kappa shape index (κ1) is 9.04. The van der Waals surface area contributed by atoms with Gasteiger partial charge in [-0.1, -0.05) is 6.92 Å². The van der Waals surface area contributed by atoms with E-state index in [1.807, 2.05) is 6.82 Å². The molecule has 0 unspecified atom stereocenters. The Morgan fingerprint density at radius 2 is 2.00 bits per heavy atom. The molecule has 0 bridgehead atoms. The topological polar surface area (TPSA) is 27.7 Å². The molecule has 3 nitrogen and oxygen atoms in total. The number of hydrogen-bond donors (Lipinski definition) is 0. The number of ether oxygens (including phenoxy) is 1. The predicted molar refractivity (Wildman–Crippen MR) is 43.5 cm³/mol. The first-order valence-corrected chi connectivity index (χ1v) is 3.88. The van der Waals surface area contributed by atoms with Crippen molar-refractivity contribution in [3.63, 3.8) is 0 Å². The van der Waals surface area contributed by atoms with Gasteiger partial charge < -0.3 is 14.0 Å². The zero-order valence-corrected chi connectivity index (χ0v) is 7.42. The van der Waals surface area contributed by atoms with Crippen molar-refractivity contribution in [3.8, 4) is 0 Å². The fourth-order valence-electron chi connectivity index (χ4n) is 1.16. The van der Waals surface area contributed by atoms with Crippen LogP contribution in [0.15, 0.2) is 0 Å². The summed E-state index contributed by atoms with van der Waals surface area (Å²) in [6, 6.07) is 0. The minimum atomic E-state index is -0.0556. The van der Waals surface area contributed by atoms with E-state index in [1.54, 1.807) is 7.11 Å². The molecular weight excluding hydrogens is 143 g/mol. The lowest BCUT2D eigenvalue weighted by Gasteiger charge is -2.34. The van der Waals surface area contributed by atoms with Crippen LogP contribution < -0.4 is 0 Å². The molecule has 1 rings (SSSR count). The van der Waals surface area contributed by atoms with Gasteiger partial charge in [0.2, 0.25) is 0 Å². The molecule has 0 saturated carbocycles. The third kappa shape index (κ3) is 2.47. The van der Waals surface area contributed by atoms with Crippen molar-refractivity contribution in [2.24, 2.45) is 5.41 Å². The molecule has 1 heterocycles. The maximum atomic E-state index is 5.34. The van der Waals surface area contributed by atoms with E-state index in [2.05, 4.69) is 6.92 Å². The Hall–Kier alpha value is -0.0551. The zero-order chi connectivity index (χ0) is 8.32. The summed E-state index contributed by atoms with van der Waals surface area (Å²) < 4.78 is 15.7. The van der Waals surface area contributed by atoms with Gasteiger partial charge in [-0.3, -0.25) is 0 Å². The molecule has 0 spiro atoms. The molecule has 0 N–H and O–H groups in total. The third-order valence-electron chi connectivity index (χ3n) is 1.83. The van der Waals surface area contributed by atoms with E-state index in [4.69, 9.17) is 14.0 Å². The van der Waals surface area contributed by atoms with Crippen molar-refractivity contribution >= 4 is 7.12 Å². The highest BCUT2D eigenvalue weighted by Crippen LogP contribution is 2.22. The summed E-state index contributed by atoms with van der Waals surface area (Å²) in [5, 5.41) is 0. The van der Waals surface area contributed by atoms with Gasteiger partial charge in [-0.05, 0) is 6.82 Å². The van der Waals surface area contributed by atoms with E-state index >= 15 is 0 Å².